The van der Waals surface area contributed by atoms with E-state index in [1.807, 2.05) is 47.0 Å². The van der Waals surface area contributed by atoms with Crippen LogP contribution in [0.25, 0.3) is 5.69 Å². The molecule has 2 aromatic carbocycles. The Hall–Kier alpha value is -2.80. The third kappa shape index (κ3) is 5.10. The molecule has 0 saturated carbocycles. The number of hydrogen-bond donors (Lipinski definition) is 1. The first-order valence-corrected chi connectivity index (χ1v) is 9.65. The summed E-state index contributed by atoms with van der Waals surface area (Å²) in [5, 5.41) is 11.7. The third-order valence-electron chi connectivity index (χ3n) is 4.17. The molecule has 1 aromatic heterocycles. The molecular formula is C20H22N4O2S. The summed E-state index contributed by atoms with van der Waals surface area (Å²) in [7, 11) is 1.63. The van der Waals surface area contributed by atoms with Crippen LogP contribution in [0.1, 0.15) is 18.4 Å². The number of carbonyl (C=O) groups excluding carboxylic acids is 1. The van der Waals surface area contributed by atoms with Crippen molar-refractivity contribution in [3.8, 4) is 11.4 Å². The molecule has 1 unspecified atom stereocenters. The molecule has 0 radical (unpaired) electrons. The van der Waals surface area contributed by atoms with Crippen molar-refractivity contribution in [2.75, 3.05) is 19.4 Å². The van der Waals surface area contributed by atoms with Crippen LogP contribution in [0.5, 0.6) is 5.75 Å². The van der Waals surface area contributed by atoms with E-state index in [1.165, 1.54) is 17.3 Å². The van der Waals surface area contributed by atoms with Gasteiger partial charge in [0.05, 0.1) is 12.9 Å². The predicted octanol–water partition coefficient (Wildman–Crippen LogP) is 3.29. The number of aromatic nitrogens is 3. The monoisotopic (exact) mass is 382 g/mol. The maximum Gasteiger partial charge on any atom is 0.230 e. The number of carbonyl (C=O) groups is 1. The Morgan fingerprint density at radius 2 is 1.93 bits per heavy atom. The first kappa shape index (κ1) is 19.0. The van der Waals surface area contributed by atoms with Crippen molar-refractivity contribution in [3.63, 3.8) is 0 Å². The maximum atomic E-state index is 12.2. The number of benzene rings is 2. The fourth-order valence-corrected chi connectivity index (χ4v) is 3.35. The lowest BCUT2D eigenvalue weighted by Crippen LogP contribution is -2.29. The first-order chi connectivity index (χ1) is 13.2. The number of hydrogen-bond acceptors (Lipinski definition) is 5. The molecular weight excluding hydrogens is 360 g/mol. The van der Waals surface area contributed by atoms with Crippen LogP contribution in [-0.4, -0.2) is 40.1 Å². The molecule has 140 valence electrons. The smallest absolute Gasteiger partial charge is 0.230 e. The number of nitrogens with zero attached hydrogens (tertiary/aromatic N) is 3. The summed E-state index contributed by atoms with van der Waals surface area (Å²) in [5.74, 6) is 1.32. The summed E-state index contributed by atoms with van der Waals surface area (Å²) in [5.41, 5.74) is 2.13. The van der Waals surface area contributed by atoms with Gasteiger partial charge in [-0.25, -0.2) is 0 Å². The van der Waals surface area contributed by atoms with Gasteiger partial charge in [-0.2, -0.15) is 0 Å². The van der Waals surface area contributed by atoms with Gasteiger partial charge in [-0.3, -0.25) is 9.36 Å². The van der Waals surface area contributed by atoms with Gasteiger partial charge in [0, 0.05) is 12.2 Å². The van der Waals surface area contributed by atoms with E-state index in [-0.39, 0.29) is 17.6 Å². The summed E-state index contributed by atoms with van der Waals surface area (Å²) >= 11 is 1.36. The Morgan fingerprint density at radius 3 is 2.63 bits per heavy atom. The van der Waals surface area contributed by atoms with E-state index < -0.39 is 0 Å². The average molecular weight is 382 g/mol. The van der Waals surface area contributed by atoms with Gasteiger partial charge in [-0.15, -0.1) is 10.2 Å². The molecule has 1 atom stereocenters. The highest BCUT2D eigenvalue weighted by Crippen LogP contribution is 2.21. The topological polar surface area (TPSA) is 69.0 Å². The molecule has 3 rings (SSSR count). The number of thioether (sulfide) groups is 1. The Morgan fingerprint density at radius 1 is 1.19 bits per heavy atom. The first-order valence-electron chi connectivity index (χ1n) is 8.66. The molecule has 0 bridgehead atoms. The zero-order valence-electron chi connectivity index (χ0n) is 15.3. The van der Waals surface area contributed by atoms with Crippen molar-refractivity contribution in [2.24, 2.45) is 0 Å². The Bertz CT molecular complexity index is 865. The van der Waals surface area contributed by atoms with Crippen LogP contribution in [0.15, 0.2) is 66.1 Å². The average Bonchev–Trinajstić information content (AvgIpc) is 3.19. The highest BCUT2D eigenvalue weighted by Gasteiger charge is 2.12. The van der Waals surface area contributed by atoms with Gasteiger partial charge < -0.3 is 10.1 Å². The molecule has 0 saturated heterocycles. The second kappa shape index (κ2) is 9.23. The van der Waals surface area contributed by atoms with E-state index >= 15 is 0 Å². The zero-order chi connectivity index (χ0) is 19.1. The normalized spacial score (nSPS) is 11.8. The van der Waals surface area contributed by atoms with Gasteiger partial charge >= 0.3 is 0 Å². The summed E-state index contributed by atoms with van der Waals surface area (Å²) in [6, 6.07) is 17.8. The fourth-order valence-electron chi connectivity index (χ4n) is 2.59. The van der Waals surface area contributed by atoms with Crippen LogP contribution in [0.2, 0.25) is 0 Å². The molecule has 27 heavy (non-hydrogen) atoms. The Balaban J connectivity index is 1.53. The van der Waals surface area contributed by atoms with Crippen molar-refractivity contribution in [1.82, 2.24) is 20.1 Å². The molecule has 0 aliphatic rings. The Labute approximate surface area is 163 Å². The maximum absolute atomic E-state index is 12.2. The highest BCUT2D eigenvalue weighted by atomic mass is 32.2. The minimum Gasteiger partial charge on any atom is -0.497 e. The van der Waals surface area contributed by atoms with Crippen LogP contribution < -0.4 is 10.1 Å². The second-order valence-electron chi connectivity index (χ2n) is 6.09. The fraction of sp³-hybridized carbons (Fsp3) is 0.250. The van der Waals surface area contributed by atoms with Crippen LogP contribution in [0.3, 0.4) is 0 Å². The minimum atomic E-state index is -0.0212. The van der Waals surface area contributed by atoms with Crippen molar-refractivity contribution in [2.45, 2.75) is 18.0 Å². The number of ether oxygens (including phenoxy) is 1. The van der Waals surface area contributed by atoms with Crippen LogP contribution in [0.4, 0.5) is 0 Å². The highest BCUT2D eigenvalue weighted by molar-refractivity contribution is 7.99. The minimum absolute atomic E-state index is 0.0212. The molecule has 1 N–H and O–H groups in total. The van der Waals surface area contributed by atoms with E-state index in [9.17, 15) is 4.79 Å². The van der Waals surface area contributed by atoms with Crippen LogP contribution in [-0.2, 0) is 4.79 Å². The van der Waals surface area contributed by atoms with Crippen molar-refractivity contribution in [1.29, 1.82) is 0 Å². The molecule has 1 amide bonds. The van der Waals surface area contributed by atoms with Crippen molar-refractivity contribution in [3.05, 3.63) is 66.5 Å². The summed E-state index contributed by atoms with van der Waals surface area (Å²) in [4.78, 5) is 12.2. The van der Waals surface area contributed by atoms with E-state index in [1.54, 1.807) is 13.4 Å². The molecule has 3 aromatic rings. The molecule has 6 nitrogen and oxygen atoms in total. The number of nitrogens with one attached hydrogen (secondary N) is 1. The van der Waals surface area contributed by atoms with Crippen LogP contribution >= 0.6 is 11.8 Å². The van der Waals surface area contributed by atoms with Gasteiger partial charge in [0.2, 0.25) is 5.91 Å². The second-order valence-corrected chi connectivity index (χ2v) is 7.03. The molecule has 0 aliphatic carbocycles. The van der Waals surface area contributed by atoms with Crippen LogP contribution in [0, 0.1) is 0 Å². The summed E-state index contributed by atoms with van der Waals surface area (Å²) in [6.07, 6.45) is 1.64. The molecule has 7 heteroatoms. The van der Waals surface area contributed by atoms with E-state index in [0.29, 0.717) is 11.7 Å². The van der Waals surface area contributed by atoms with E-state index in [0.717, 1.165) is 11.4 Å². The number of amides is 1. The lowest BCUT2D eigenvalue weighted by molar-refractivity contribution is -0.118. The van der Waals surface area contributed by atoms with Gasteiger partial charge in [0.25, 0.3) is 0 Å². The third-order valence-corrected chi connectivity index (χ3v) is 5.12. The largest absolute Gasteiger partial charge is 0.497 e. The number of methoxy groups -OCH3 is 1. The van der Waals surface area contributed by atoms with E-state index in [2.05, 4.69) is 34.6 Å². The lowest BCUT2D eigenvalue weighted by Gasteiger charge is -2.13. The summed E-state index contributed by atoms with van der Waals surface area (Å²) < 4.78 is 7.03. The lowest BCUT2D eigenvalue weighted by atomic mass is 10.0. The quantitative estimate of drug-likeness (QED) is 0.606. The number of rotatable bonds is 8. The van der Waals surface area contributed by atoms with Gasteiger partial charge in [0.1, 0.15) is 12.1 Å². The zero-order valence-corrected chi connectivity index (χ0v) is 16.1. The molecule has 0 spiro atoms. The van der Waals surface area contributed by atoms with Gasteiger partial charge in [-0.1, -0.05) is 49.0 Å². The summed E-state index contributed by atoms with van der Waals surface area (Å²) in [6.45, 7) is 2.71. The Kier molecular flexibility index (Phi) is 6.49. The predicted molar refractivity (Wildman–Crippen MR) is 107 cm³/mol. The SMILES string of the molecule is COc1ccc(-n2cnnc2SCC(=O)NCC(C)c2ccccc2)cc1. The van der Waals surface area contributed by atoms with Gasteiger partial charge in [-0.05, 0) is 35.7 Å². The van der Waals surface area contributed by atoms with Crippen molar-refractivity contribution < 1.29 is 9.53 Å². The van der Waals surface area contributed by atoms with Gasteiger partial charge in [0.15, 0.2) is 5.16 Å². The molecule has 0 aliphatic heterocycles. The van der Waals surface area contributed by atoms with Crippen molar-refractivity contribution >= 4 is 17.7 Å². The molecule has 0 fully saturated rings. The molecule has 1 heterocycles. The standard InChI is InChI=1S/C20H22N4O2S/c1-15(16-6-4-3-5-7-16)12-21-19(25)13-27-20-23-22-14-24(20)17-8-10-18(26-2)11-9-17/h3-11,14-15H,12-13H2,1-2H3,(H,21,25). The van der Waals surface area contributed by atoms with E-state index in [4.69, 9.17) is 4.74 Å².